The lowest BCUT2D eigenvalue weighted by atomic mass is 10.0. The van der Waals surface area contributed by atoms with Gasteiger partial charge in [-0.05, 0) is 154 Å². The number of carbonyl (C=O) groups excluding carboxylic acids is 4. The van der Waals surface area contributed by atoms with E-state index < -0.39 is 40.5 Å². The predicted molar refractivity (Wildman–Crippen MR) is 409 cm³/mol. The van der Waals surface area contributed by atoms with Crippen LogP contribution in [0.5, 0.6) is 0 Å². The van der Waals surface area contributed by atoms with Crippen LogP contribution in [0.25, 0.3) is 16.9 Å². The van der Waals surface area contributed by atoms with Gasteiger partial charge < -0.3 is 88.9 Å². The van der Waals surface area contributed by atoms with Crippen LogP contribution in [0.4, 0.5) is 36.6 Å². The largest absolute Gasteiger partial charge is 0.480 e. The maximum absolute atomic E-state index is 12.6. The van der Waals surface area contributed by atoms with Gasteiger partial charge in [-0.3, -0.25) is 4.90 Å². The first-order valence-corrected chi connectivity index (χ1v) is 38.6. The lowest BCUT2D eigenvalue weighted by Gasteiger charge is -2.43. The quantitative estimate of drug-likeness (QED) is 0.0812. The van der Waals surface area contributed by atoms with E-state index in [2.05, 4.69) is 40.6 Å². The Balaban J connectivity index is 0.000000146. The third-order valence-electron chi connectivity index (χ3n) is 20.2. The van der Waals surface area contributed by atoms with Crippen LogP contribution in [0.2, 0.25) is 0 Å². The van der Waals surface area contributed by atoms with Gasteiger partial charge >= 0.3 is 30.3 Å². The van der Waals surface area contributed by atoms with Gasteiger partial charge in [0.25, 0.3) is 0 Å². The highest BCUT2D eigenvalue weighted by Gasteiger charge is 2.42. The molecule has 6 aromatic heterocycles. The molecule has 6 fully saturated rings. The van der Waals surface area contributed by atoms with Crippen molar-refractivity contribution >= 4 is 64.7 Å². The van der Waals surface area contributed by atoms with Gasteiger partial charge in [-0.1, -0.05) is 0 Å². The Bertz CT molecular complexity index is 4050. The molecule has 0 radical (unpaired) electrons. The fraction of sp³-hybridized carbons (Fsp3) is 0.697. The van der Waals surface area contributed by atoms with Crippen molar-refractivity contribution in [1.29, 1.82) is 0 Å². The molecule has 0 bridgehead atoms. The van der Waals surface area contributed by atoms with Gasteiger partial charge in [-0.25, -0.2) is 38.9 Å². The summed E-state index contributed by atoms with van der Waals surface area (Å²) in [5, 5.41) is 55.5. The Hall–Kier alpha value is -8.47. The molecule has 3 unspecified atom stereocenters. The van der Waals surface area contributed by atoms with Crippen molar-refractivity contribution in [1.82, 2.24) is 74.0 Å². The summed E-state index contributed by atoms with van der Waals surface area (Å²) in [5.41, 5.74) is 7.53. The van der Waals surface area contributed by atoms with E-state index in [0.29, 0.717) is 96.3 Å². The summed E-state index contributed by atoms with van der Waals surface area (Å²) in [6, 6.07) is 6.45. The number of anilines is 3. The van der Waals surface area contributed by atoms with E-state index in [-0.39, 0.29) is 43.6 Å². The maximum atomic E-state index is 12.6. The molecule has 4 amide bonds. The standard InChI is InChI=1S/C20H29N5O3.C19H27N5O3.C15H21N5O.C9H15NO4.C9H17NO3.C4H9NO/c1-20(2,3)28-19(26)23-10-7-15-16(8-11-23)22-17-5-9-21-25(17)18(15)24-12-6-14(24)13-27-4;1-19(2,3)27-18(26)22-9-6-14-15(7-10-22)21-16-4-8-20-24(16)17(14)23-11-5-13(23)12-25;1-21-10-11-5-9-19(11)15-12-2-6-16-7-3-13(12)18-14-4-8-17-20(14)15;1-9(2,3)14-8(13)10-5-4-6(10)7(11)12;1-9(2,3)13-8(12)10-5-4-7(10)6-11;6-3-4-1-2-5-4/h5,9,14H,6-8,10-13H2,1-4H3;4,8,13,25H,5-7,9-12H2,1-3H3;4,8,11,16H,2-3,5-7,9-10H2,1H3;6H,4-5H2,1-3H3,(H,11,12);7,11H,4-6H2,1-3H3;4-6H,1-3H2/t;;;6-;7-;4-/m...000/s1. The van der Waals surface area contributed by atoms with Gasteiger partial charge in [-0.2, -0.15) is 28.8 Å². The third kappa shape index (κ3) is 21.0. The highest BCUT2D eigenvalue weighted by molar-refractivity contribution is 5.82. The Morgan fingerprint density at radius 2 is 0.798 bits per heavy atom. The van der Waals surface area contributed by atoms with Crippen molar-refractivity contribution in [3.05, 3.63) is 70.6 Å². The second kappa shape index (κ2) is 36.1. The molecule has 6 aromatic rings. The Labute approximate surface area is 638 Å². The molecule has 6 saturated heterocycles. The Kier molecular flexibility index (Phi) is 27.5. The molecule has 9 aliphatic heterocycles. The molecule has 0 aromatic carbocycles. The summed E-state index contributed by atoms with van der Waals surface area (Å²) in [4.78, 5) is 86.3. The predicted octanol–water partition coefficient (Wildman–Crippen LogP) is 5.98. The van der Waals surface area contributed by atoms with Gasteiger partial charge in [0, 0.05) is 140 Å². The molecule has 9 aliphatic rings. The molecular weight excluding hydrogens is 1400 g/mol. The minimum Gasteiger partial charge on any atom is -0.480 e. The molecule has 6 N–H and O–H groups in total. The molecule has 15 heterocycles. The number of carbonyl (C=O) groups is 5. The van der Waals surface area contributed by atoms with Crippen molar-refractivity contribution < 1.29 is 72.8 Å². The fourth-order valence-electron chi connectivity index (χ4n) is 14.0. The van der Waals surface area contributed by atoms with E-state index in [9.17, 15) is 29.1 Å². The number of carboxylic acids is 1. The zero-order valence-electron chi connectivity index (χ0n) is 66.4. The van der Waals surface area contributed by atoms with Crippen molar-refractivity contribution in [3.8, 4) is 0 Å². The number of methoxy groups -OCH3 is 2. The van der Waals surface area contributed by atoms with Crippen LogP contribution >= 0.6 is 0 Å². The zero-order chi connectivity index (χ0) is 78.7. The molecule has 0 aliphatic carbocycles. The number of aliphatic hydroxyl groups excluding tert-OH is 3. The first-order chi connectivity index (χ1) is 51.8. The maximum Gasteiger partial charge on any atom is 0.411 e. The number of aliphatic hydroxyl groups is 3. The number of aromatic nitrogens is 9. The van der Waals surface area contributed by atoms with E-state index in [0.717, 1.165) is 136 Å². The first-order valence-electron chi connectivity index (χ1n) is 38.6. The number of fused-ring (bicyclic) bond motifs is 6. The van der Waals surface area contributed by atoms with Gasteiger partial charge in [0.05, 0.1) is 92.9 Å². The summed E-state index contributed by atoms with van der Waals surface area (Å²) >= 11 is 0. The number of carboxylic acid groups (broad SMARTS) is 1. The number of amides is 4. The average Bonchev–Trinajstić information content (AvgIpc) is 1.75. The van der Waals surface area contributed by atoms with Crippen LogP contribution in [0.1, 0.15) is 155 Å². The van der Waals surface area contributed by atoms with Crippen molar-refractivity contribution in [2.24, 2.45) is 0 Å². The average molecular weight is 1520 g/mol. The molecule has 6 atom stereocenters. The number of nitrogens with zero attached hydrogens (tertiary/aromatic N) is 16. The van der Waals surface area contributed by atoms with Crippen LogP contribution in [-0.4, -0.2) is 299 Å². The number of hydrogen-bond donors (Lipinski definition) is 6. The third-order valence-corrected chi connectivity index (χ3v) is 20.2. The molecule has 0 spiro atoms. The van der Waals surface area contributed by atoms with E-state index in [4.69, 9.17) is 58.7 Å². The van der Waals surface area contributed by atoms with Crippen LogP contribution < -0.4 is 25.3 Å². The van der Waals surface area contributed by atoms with Crippen molar-refractivity contribution in [3.63, 3.8) is 0 Å². The number of rotatable bonds is 11. The summed E-state index contributed by atoms with van der Waals surface area (Å²) in [6.45, 7) is 33.6. The Morgan fingerprint density at radius 3 is 1.12 bits per heavy atom. The first kappa shape index (κ1) is 83.0. The topological polar surface area (TPSA) is 359 Å². The monoisotopic (exact) mass is 1520 g/mol. The van der Waals surface area contributed by atoms with E-state index >= 15 is 0 Å². The van der Waals surface area contributed by atoms with Gasteiger partial charge in [0.15, 0.2) is 16.9 Å². The number of ether oxygens (including phenoxy) is 6. The molecule has 109 heavy (non-hydrogen) atoms. The molecule has 33 heteroatoms. The number of nitrogens with one attached hydrogen (secondary N) is 2. The molecule has 0 saturated carbocycles. The summed E-state index contributed by atoms with van der Waals surface area (Å²) in [7, 11) is 3.52. The van der Waals surface area contributed by atoms with Crippen LogP contribution in [0.3, 0.4) is 0 Å². The Morgan fingerprint density at radius 1 is 0.431 bits per heavy atom. The number of hydrogen-bond acceptors (Lipinski definition) is 25. The van der Waals surface area contributed by atoms with Gasteiger partial charge in [-0.15, -0.1) is 0 Å². The summed E-state index contributed by atoms with van der Waals surface area (Å²) < 4.78 is 37.9. The lowest BCUT2D eigenvalue weighted by Crippen LogP contribution is -2.56. The van der Waals surface area contributed by atoms with Crippen molar-refractivity contribution in [2.45, 2.75) is 219 Å². The minimum atomic E-state index is -0.970. The van der Waals surface area contributed by atoms with E-state index in [1.165, 1.54) is 34.0 Å². The smallest absolute Gasteiger partial charge is 0.411 e. The normalized spacial score (nSPS) is 21.6. The highest BCUT2D eigenvalue weighted by Crippen LogP contribution is 2.37. The highest BCUT2D eigenvalue weighted by atomic mass is 16.6. The summed E-state index contributed by atoms with van der Waals surface area (Å²) in [5.74, 6) is 2.37. The van der Waals surface area contributed by atoms with Crippen LogP contribution in [-0.2, 0) is 71.7 Å². The molecular formula is C76H118N18O15. The molecule has 33 nitrogen and oxygen atoms in total. The van der Waals surface area contributed by atoms with E-state index in [1.54, 1.807) is 62.1 Å². The second-order valence-electron chi connectivity index (χ2n) is 32.8. The van der Waals surface area contributed by atoms with Crippen LogP contribution in [0, 0.1) is 0 Å². The van der Waals surface area contributed by atoms with Gasteiger partial charge in [0.1, 0.15) is 45.9 Å². The molecule has 602 valence electrons. The van der Waals surface area contributed by atoms with Crippen molar-refractivity contribution in [2.75, 3.05) is 140 Å². The minimum absolute atomic E-state index is 0.0270. The van der Waals surface area contributed by atoms with E-state index in [1.807, 2.05) is 100 Å². The number of likely N-dealkylation sites (tertiary alicyclic amines) is 2. The SMILES string of the molecule is CC(C)(C)OC(=O)N1CC[C@H]1C(=O)O.CC(C)(C)OC(=O)N1CC[C@H]1CO.CC(C)(C)OC(=O)N1CCc2nc3ccnn3c(N3CCC3CO)c2CC1.COCC1CCN1c1c2c(nc3ccnn13)CCN(C(=O)OC(C)(C)C)CC2.COCC1CCN1c1c2c(nc3ccnn13)CCNCC2.OC[C@@H]1CCN1. The fourth-order valence-corrected chi connectivity index (χ4v) is 14.0. The number of aliphatic carboxylic acids is 1. The lowest BCUT2D eigenvalue weighted by molar-refractivity contribution is -0.147. The molecule has 15 rings (SSSR count). The van der Waals surface area contributed by atoms with Gasteiger partial charge in [0.2, 0.25) is 0 Å². The summed E-state index contributed by atoms with van der Waals surface area (Å²) in [6.07, 6.45) is 14.6. The second-order valence-corrected chi connectivity index (χ2v) is 32.8. The zero-order valence-corrected chi connectivity index (χ0v) is 66.4. The van der Waals surface area contributed by atoms with Crippen LogP contribution in [0.15, 0.2) is 36.8 Å².